The van der Waals surface area contributed by atoms with Crippen LogP contribution in [0.3, 0.4) is 0 Å². The van der Waals surface area contributed by atoms with Gasteiger partial charge in [0.05, 0.1) is 22.9 Å². The van der Waals surface area contributed by atoms with E-state index in [1.54, 1.807) is 6.07 Å². The zero-order valence-electron chi connectivity index (χ0n) is 13.9. The molecule has 0 saturated carbocycles. The summed E-state index contributed by atoms with van der Waals surface area (Å²) in [5, 5.41) is 15.7. The Labute approximate surface area is 171 Å². The Balaban J connectivity index is 1.46. The predicted octanol–water partition coefficient (Wildman–Crippen LogP) is 2.33. The maximum atomic E-state index is 12.0. The van der Waals surface area contributed by atoms with Crippen LogP contribution in [0.1, 0.15) is 0 Å². The van der Waals surface area contributed by atoms with E-state index < -0.39 is 0 Å². The molecule has 8 nitrogen and oxygen atoms in total. The number of rotatable bonds is 7. The third-order valence-electron chi connectivity index (χ3n) is 3.33. The molecule has 2 heterocycles. The summed E-state index contributed by atoms with van der Waals surface area (Å²) in [7, 11) is 0. The number of hydrogen-bond donors (Lipinski definition) is 3. The third kappa shape index (κ3) is 5.08. The summed E-state index contributed by atoms with van der Waals surface area (Å²) in [6.45, 7) is -0.128. The highest BCUT2D eigenvalue weighted by molar-refractivity contribution is 9.10. The fourth-order valence-electron chi connectivity index (χ4n) is 2.07. The van der Waals surface area contributed by atoms with Gasteiger partial charge in [0.1, 0.15) is 0 Å². The summed E-state index contributed by atoms with van der Waals surface area (Å²) in [5.74, 6) is 5.97. The number of carbonyl (C=O) groups excluding carboxylic acids is 2. The highest BCUT2D eigenvalue weighted by Gasteiger charge is 2.15. The smallest absolute Gasteiger partial charge is 0.243 e. The molecule has 2 amide bonds. The lowest BCUT2D eigenvalue weighted by molar-refractivity contribution is -0.122. The van der Waals surface area contributed by atoms with E-state index in [2.05, 4.69) is 36.8 Å². The van der Waals surface area contributed by atoms with Gasteiger partial charge in [0.25, 0.3) is 0 Å². The summed E-state index contributed by atoms with van der Waals surface area (Å²) in [4.78, 5) is 24.8. The molecule has 0 aliphatic heterocycles. The van der Waals surface area contributed by atoms with E-state index in [1.165, 1.54) is 16.0 Å². The average Bonchev–Trinajstić information content (AvgIpc) is 3.30. The summed E-state index contributed by atoms with van der Waals surface area (Å²) in [6.07, 6.45) is 0. The number of nitrogens with one attached hydrogen (secondary N) is 2. The minimum Gasteiger partial charge on any atom is -0.346 e. The molecule has 1 aromatic carbocycles. The molecule has 0 fully saturated rings. The summed E-state index contributed by atoms with van der Waals surface area (Å²) in [5.41, 5.74) is 0.642. The van der Waals surface area contributed by atoms with Gasteiger partial charge < -0.3 is 16.5 Å². The molecular formula is C16H15BrN6O2S2. The molecule has 2 aromatic heterocycles. The number of benzene rings is 1. The molecule has 11 heteroatoms. The van der Waals surface area contributed by atoms with E-state index in [9.17, 15) is 9.59 Å². The first-order valence-corrected chi connectivity index (χ1v) is 10.4. The Morgan fingerprint density at radius 3 is 2.74 bits per heavy atom. The average molecular weight is 467 g/mol. The van der Waals surface area contributed by atoms with Gasteiger partial charge >= 0.3 is 0 Å². The van der Waals surface area contributed by atoms with E-state index in [1.807, 2.05) is 35.7 Å². The molecular weight excluding hydrogens is 452 g/mol. The number of thioether (sulfide) groups is 1. The fourth-order valence-corrected chi connectivity index (χ4v) is 3.84. The lowest BCUT2D eigenvalue weighted by Gasteiger charge is -2.08. The second-order valence-corrected chi connectivity index (χ2v) is 7.99. The van der Waals surface area contributed by atoms with Crippen molar-refractivity contribution >= 4 is 56.5 Å². The number of aromatic nitrogens is 3. The van der Waals surface area contributed by atoms with Gasteiger partial charge in [-0.3, -0.25) is 9.59 Å². The highest BCUT2D eigenvalue weighted by atomic mass is 79.9. The van der Waals surface area contributed by atoms with Crippen LogP contribution in [0.2, 0.25) is 0 Å². The lowest BCUT2D eigenvalue weighted by Crippen LogP contribution is -2.34. The van der Waals surface area contributed by atoms with E-state index in [0.29, 0.717) is 16.7 Å². The van der Waals surface area contributed by atoms with Gasteiger partial charge in [-0.2, -0.15) is 0 Å². The Morgan fingerprint density at radius 1 is 1.19 bits per heavy atom. The Morgan fingerprint density at radius 2 is 2.00 bits per heavy atom. The fraction of sp³-hybridized carbons (Fsp3) is 0.125. The van der Waals surface area contributed by atoms with Crippen LogP contribution in [0.5, 0.6) is 0 Å². The maximum absolute atomic E-state index is 12.0. The summed E-state index contributed by atoms with van der Waals surface area (Å²) in [6, 6.07) is 11.0. The quantitative estimate of drug-likeness (QED) is 0.363. The molecule has 0 unspecified atom stereocenters. The first-order chi connectivity index (χ1) is 13.0. The van der Waals surface area contributed by atoms with E-state index in [4.69, 9.17) is 5.84 Å². The van der Waals surface area contributed by atoms with E-state index >= 15 is 0 Å². The van der Waals surface area contributed by atoms with Crippen LogP contribution in [-0.4, -0.2) is 39.0 Å². The van der Waals surface area contributed by atoms with Crippen molar-refractivity contribution in [2.45, 2.75) is 5.16 Å². The molecule has 0 radical (unpaired) electrons. The second kappa shape index (κ2) is 9.02. The number of hydrogen-bond acceptors (Lipinski definition) is 7. The van der Waals surface area contributed by atoms with Gasteiger partial charge in [0.15, 0.2) is 5.82 Å². The standard InChI is InChI=1S/C16H15BrN6O2S2/c17-10-4-1-2-5-11(10)20-13(24)8-19-14(25)9-27-16-22-21-15(23(16)18)12-6-3-7-26-12/h1-7H,8-9,18H2,(H,19,25)(H,20,24). The Kier molecular flexibility index (Phi) is 6.48. The molecule has 0 aliphatic rings. The Hall–Kier alpha value is -2.37. The number of para-hydroxylation sites is 1. The molecule has 0 saturated heterocycles. The van der Waals surface area contributed by atoms with Crippen LogP contribution in [0, 0.1) is 0 Å². The van der Waals surface area contributed by atoms with Crippen LogP contribution in [0.25, 0.3) is 10.7 Å². The molecule has 0 bridgehead atoms. The third-order valence-corrected chi connectivity index (χ3v) is 5.83. The normalized spacial score (nSPS) is 10.6. The zero-order chi connectivity index (χ0) is 19.2. The molecule has 140 valence electrons. The van der Waals surface area contributed by atoms with Crippen molar-refractivity contribution in [3.8, 4) is 10.7 Å². The van der Waals surface area contributed by atoms with Gasteiger partial charge in [0, 0.05) is 4.47 Å². The first kappa shape index (κ1) is 19.4. The minimum atomic E-state index is -0.317. The summed E-state index contributed by atoms with van der Waals surface area (Å²) < 4.78 is 2.12. The molecule has 3 aromatic rings. The molecule has 27 heavy (non-hydrogen) atoms. The molecule has 3 rings (SSSR count). The van der Waals surface area contributed by atoms with E-state index in [-0.39, 0.29) is 24.1 Å². The van der Waals surface area contributed by atoms with Crippen LogP contribution in [0.4, 0.5) is 5.69 Å². The minimum absolute atomic E-state index is 0.0715. The van der Waals surface area contributed by atoms with Crippen molar-refractivity contribution in [2.24, 2.45) is 0 Å². The van der Waals surface area contributed by atoms with Crippen molar-refractivity contribution < 1.29 is 9.59 Å². The number of nitrogens with two attached hydrogens (primary N) is 1. The van der Waals surface area contributed by atoms with Crippen molar-refractivity contribution in [3.63, 3.8) is 0 Å². The van der Waals surface area contributed by atoms with E-state index in [0.717, 1.165) is 21.1 Å². The van der Waals surface area contributed by atoms with Crippen LogP contribution >= 0.6 is 39.0 Å². The maximum Gasteiger partial charge on any atom is 0.243 e. The monoisotopic (exact) mass is 466 g/mol. The number of carbonyl (C=O) groups is 2. The van der Waals surface area contributed by atoms with Crippen molar-refractivity contribution in [1.29, 1.82) is 0 Å². The molecule has 0 atom stereocenters. The van der Waals surface area contributed by atoms with Gasteiger partial charge in [0.2, 0.25) is 17.0 Å². The number of halogens is 1. The van der Waals surface area contributed by atoms with Crippen molar-refractivity contribution in [2.75, 3.05) is 23.5 Å². The zero-order valence-corrected chi connectivity index (χ0v) is 17.1. The number of thiophene rings is 1. The Bertz CT molecular complexity index is 944. The van der Waals surface area contributed by atoms with Gasteiger partial charge in [-0.1, -0.05) is 30.0 Å². The molecule has 0 spiro atoms. The SMILES string of the molecule is Nn1c(SCC(=O)NCC(=O)Nc2ccccc2Br)nnc1-c1cccs1. The summed E-state index contributed by atoms with van der Waals surface area (Å²) >= 11 is 6.00. The lowest BCUT2D eigenvalue weighted by atomic mass is 10.3. The highest BCUT2D eigenvalue weighted by Crippen LogP contribution is 2.25. The number of anilines is 1. The van der Waals surface area contributed by atoms with Gasteiger partial charge in [-0.15, -0.1) is 21.5 Å². The van der Waals surface area contributed by atoms with Gasteiger partial charge in [-0.25, -0.2) is 4.68 Å². The molecule has 4 N–H and O–H groups in total. The van der Waals surface area contributed by atoms with Crippen LogP contribution in [0.15, 0.2) is 51.4 Å². The number of nitrogens with zero attached hydrogens (tertiary/aromatic N) is 3. The topological polar surface area (TPSA) is 115 Å². The number of nitrogen functional groups attached to an aromatic ring is 1. The number of amides is 2. The predicted molar refractivity (Wildman–Crippen MR) is 110 cm³/mol. The first-order valence-electron chi connectivity index (χ1n) is 7.73. The molecule has 0 aliphatic carbocycles. The second-order valence-electron chi connectivity index (χ2n) is 5.25. The van der Waals surface area contributed by atoms with Crippen molar-refractivity contribution in [3.05, 3.63) is 46.3 Å². The van der Waals surface area contributed by atoms with Crippen molar-refractivity contribution in [1.82, 2.24) is 20.2 Å². The van der Waals surface area contributed by atoms with Crippen LogP contribution < -0.4 is 16.5 Å². The van der Waals surface area contributed by atoms with Crippen LogP contribution in [-0.2, 0) is 9.59 Å². The largest absolute Gasteiger partial charge is 0.346 e. The van der Waals surface area contributed by atoms with Gasteiger partial charge in [-0.05, 0) is 39.5 Å².